The molecule has 1 rings (SSSR count). The van der Waals surface area contributed by atoms with Crippen molar-refractivity contribution in [1.29, 1.82) is 0 Å². The molecule has 0 radical (unpaired) electrons. The minimum atomic E-state index is -0.379. The highest BCUT2D eigenvalue weighted by Gasteiger charge is 2.33. The number of aliphatic hydroxyl groups is 1. The van der Waals surface area contributed by atoms with Crippen LogP contribution >= 0.6 is 0 Å². The predicted molar refractivity (Wildman–Crippen MR) is 81.3 cm³/mol. The van der Waals surface area contributed by atoms with Gasteiger partial charge in [-0.25, -0.2) is 0 Å². The molecule has 19 heavy (non-hydrogen) atoms. The third-order valence-electron chi connectivity index (χ3n) is 3.72. The van der Waals surface area contributed by atoms with Crippen LogP contribution in [0.1, 0.15) is 33.3 Å². The first-order valence-corrected chi connectivity index (χ1v) is 7.25. The van der Waals surface area contributed by atoms with E-state index in [1.807, 2.05) is 18.2 Å². The smallest absolute Gasteiger partial charge is 0.0797 e. The van der Waals surface area contributed by atoms with E-state index in [1.54, 1.807) is 0 Å². The third kappa shape index (κ3) is 4.03. The summed E-state index contributed by atoms with van der Waals surface area (Å²) in [6, 6.07) is 10.7. The standard InChI is InChI=1S/C16H28N2O/c1-5-17-16(13-19,12-18(6-2)14(3)4)15-10-8-7-9-11-15/h7-11,14,17,19H,5-6,12-13H2,1-4H3. The number of benzene rings is 1. The second-order valence-corrected chi connectivity index (χ2v) is 5.29. The van der Waals surface area contributed by atoms with Gasteiger partial charge in [0.05, 0.1) is 12.1 Å². The second-order valence-electron chi connectivity index (χ2n) is 5.29. The van der Waals surface area contributed by atoms with E-state index in [4.69, 9.17) is 0 Å². The first-order valence-electron chi connectivity index (χ1n) is 7.25. The van der Waals surface area contributed by atoms with Crippen molar-refractivity contribution in [3.63, 3.8) is 0 Å². The molecule has 0 aliphatic rings. The van der Waals surface area contributed by atoms with Gasteiger partial charge in [-0.2, -0.15) is 0 Å². The molecule has 3 nitrogen and oxygen atoms in total. The van der Waals surface area contributed by atoms with Crippen LogP contribution in [-0.2, 0) is 5.54 Å². The number of hydrogen-bond acceptors (Lipinski definition) is 3. The summed E-state index contributed by atoms with van der Waals surface area (Å²) in [5.74, 6) is 0. The van der Waals surface area contributed by atoms with Gasteiger partial charge in [-0.1, -0.05) is 44.2 Å². The number of nitrogens with zero attached hydrogens (tertiary/aromatic N) is 1. The fourth-order valence-corrected chi connectivity index (χ4v) is 2.55. The minimum Gasteiger partial charge on any atom is -0.394 e. The Bertz CT molecular complexity index is 353. The lowest BCUT2D eigenvalue weighted by atomic mass is 9.89. The molecule has 0 fully saturated rings. The van der Waals surface area contributed by atoms with Crippen LogP contribution in [0.3, 0.4) is 0 Å². The van der Waals surface area contributed by atoms with Gasteiger partial charge in [-0.3, -0.25) is 4.90 Å². The summed E-state index contributed by atoms with van der Waals surface area (Å²) in [6.07, 6.45) is 0. The number of nitrogens with one attached hydrogen (secondary N) is 1. The van der Waals surface area contributed by atoms with Crippen LogP contribution in [-0.4, -0.2) is 42.3 Å². The Hall–Kier alpha value is -0.900. The highest BCUT2D eigenvalue weighted by atomic mass is 16.3. The lowest BCUT2D eigenvalue weighted by Gasteiger charge is -2.39. The molecule has 0 bridgehead atoms. The Morgan fingerprint density at radius 2 is 1.84 bits per heavy atom. The maximum atomic E-state index is 10.00. The lowest BCUT2D eigenvalue weighted by Crippen LogP contribution is -2.54. The highest BCUT2D eigenvalue weighted by molar-refractivity contribution is 5.25. The molecular weight excluding hydrogens is 236 g/mol. The summed E-state index contributed by atoms with van der Waals surface area (Å²) in [5.41, 5.74) is 0.773. The Balaban J connectivity index is 3.05. The van der Waals surface area contributed by atoms with E-state index >= 15 is 0 Å². The summed E-state index contributed by atoms with van der Waals surface area (Å²) >= 11 is 0. The maximum absolute atomic E-state index is 10.00. The Morgan fingerprint density at radius 1 is 1.21 bits per heavy atom. The first kappa shape index (κ1) is 16.2. The van der Waals surface area contributed by atoms with Crippen molar-refractivity contribution in [3.05, 3.63) is 35.9 Å². The van der Waals surface area contributed by atoms with E-state index in [0.717, 1.165) is 25.2 Å². The number of aliphatic hydroxyl groups excluding tert-OH is 1. The zero-order valence-corrected chi connectivity index (χ0v) is 12.7. The van der Waals surface area contributed by atoms with Crippen molar-refractivity contribution in [1.82, 2.24) is 10.2 Å². The van der Waals surface area contributed by atoms with Crippen molar-refractivity contribution in [2.24, 2.45) is 0 Å². The van der Waals surface area contributed by atoms with Crippen LogP contribution in [0.2, 0.25) is 0 Å². The number of likely N-dealkylation sites (N-methyl/N-ethyl adjacent to an activating group) is 2. The van der Waals surface area contributed by atoms with Gasteiger partial charge in [-0.15, -0.1) is 0 Å². The summed E-state index contributed by atoms with van der Waals surface area (Å²) in [7, 11) is 0. The first-order chi connectivity index (χ1) is 9.09. The average Bonchev–Trinajstić information content (AvgIpc) is 2.44. The normalized spacial score (nSPS) is 14.9. The average molecular weight is 264 g/mol. The van der Waals surface area contributed by atoms with Crippen LogP contribution in [0.15, 0.2) is 30.3 Å². The van der Waals surface area contributed by atoms with Gasteiger partial charge in [0.1, 0.15) is 0 Å². The maximum Gasteiger partial charge on any atom is 0.0797 e. The number of rotatable bonds is 8. The quantitative estimate of drug-likeness (QED) is 0.756. The van der Waals surface area contributed by atoms with Gasteiger partial charge >= 0.3 is 0 Å². The van der Waals surface area contributed by atoms with E-state index in [9.17, 15) is 5.11 Å². The van der Waals surface area contributed by atoms with Crippen molar-refractivity contribution in [3.8, 4) is 0 Å². The Morgan fingerprint density at radius 3 is 2.26 bits per heavy atom. The fraction of sp³-hybridized carbons (Fsp3) is 0.625. The molecule has 0 saturated carbocycles. The van der Waals surface area contributed by atoms with Gasteiger partial charge < -0.3 is 10.4 Å². The number of hydrogen-bond donors (Lipinski definition) is 2. The molecule has 1 aromatic rings. The van der Waals surface area contributed by atoms with Gasteiger partial charge in [-0.05, 0) is 32.5 Å². The molecule has 0 aliphatic carbocycles. The molecule has 0 saturated heterocycles. The monoisotopic (exact) mass is 264 g/mol. The second kappa shape index (κ2) is 7.63. The largest absolute Gasteiger partial charge is 0.394 e. The van der Waals surface area contributed by atoms with Crippen molar-refractivity contribution < 1.29 is 5.11 Å². The molecule has 1 aromatic carbocycles. The van der Waals surface area contributed by atoms with Crippen LogP contribution in [0.4, 0.5) is 0 Å². The summed E-state index contributed by atoms with van der Waals surface area (Å²) in [4.78, 5) is 2.38. The molecule has 0 spiro atoms. The van der Waals surface area contributed by atoms with Crippen molar-refractivity contribution in [2.75, 3.05) is 26.2 Å². The van der Waals surface area contributed by atoms with Crippen LogP contribution in [0.5, 0.6) is 0 Å². The fourth-order valence-electron chi connectivity index (χ4n) is 2.55. The van der Waals surface area contributed by atoms with Crippen LogP contribution in [0.25, 0.3) is 0 Å². The van der Waals surface area contributed by atoms with E-state index < -0.39 is 0 Å². The van der Waals surface area contributed by atoms with Gasteiger partial charge in [0.2, 0.25) is 0 Å². The molecule has 3 heteroatoms. The van der Waals surface area contributed by atoms with E-state index in [-0.39, 0.29) is 12.1 Å². The summed E-state index contributed by atoms with van der Waals surface area (Å²) in [6.45, 7) is 11.4. The molecule has 1 unspecified atom stereocenters. The Labute approximate surface area is 117 Å². The predicted octanol–water partition coefficient (Wildman–Crippen LogP) is 2.21. The third-order valence-corrected chi connectivity index (χ3v) is 3.72. The summed E-state index contributed by atoms with van der Waals surface area (Å²) < 4.78 is 0. The molecule has 2 N–H and O–H groups in total. The van der Waals surface area contributed by atoms with Crippen molar-refractivity contribution >= 4 is 0 Å². The lowest BCUT2D eigenvalue weighted by molar-refractivity contribution is 0.0949. The zero-order valence-electron chi connectivity index (χ0n) is 12.7. The summed E-state index contributed by atoms with van der Waals surface area (Å²) in [5, 5.41) is 13.5. The molecule has 108 valence electrons. The molecule has 0 heterocycles. The van der Waals surface area contributed by atoms with Gasteiger partial charge in [0, 0.05) is 12.6 Å². The topological polar surface area (TPSA) is 35.5 Å². The van der Waals surface area contributed by atoms with Gasteiger partial charge in [0.25, 0.3) is 0 Å². The zero-order chi connectivity index (χ0) is 14.3. The molecule has 0 aliphatic heterocycles. The van der Waals surface area contributed by atoms with Crippen molar-refractivity contribution in [2.45, 2.75) is 39.3 Å². The van der Waals surface area contributed by atoms with E-state index in [1.165, 1.54) is 0 Å². The molecule has 1 atom stereocenters. The van der Waals surface area contributed by atoms with Crippen LogP contribution in [0, 0.1) is 0 Å². The van der Waals surface area contributed by atoms with Crippen LogP contribution < -0.4 is 5.32 Å². The SMILES string of the molecule is CCNC(CO)(CN(CC)C(C)C)c1ccccc1. The minimum absolute atomic E-state index is 0.105. The van der Waals surface area contributed by atoms with Gasteiger partial charge in [0.15, 0.2) is 0 Å². The molecule has 0 aromatic heterocycles. The van der Waals surface area contributed by atoms with E-state index in [2.05, 4.69) is 50.0 Å². The highest BCUT2D eigenvalue weighted by Crippen LogP contribution is 2.23. The molecular formula is C16H28N2O. The van der Waals surface area contributed by atoms with E-state index in [0.29, 0.717) is 6.04 Å². The molecule has 0 amide bonds. The Kier molecular flexibility index (Phi) is 6.49.